The maximum Gasteiger partial charge on any atom is 0.261 e. The minimum atomic E-state index is 0.319. The molecule has 1 N–H and O–H groups in total. The first-order chi connectivity index (χ1) is 14.8. The molecule has 0 saturated carbocycles. The molecule has 1 aliphatic rings. The van der Waals surface area contributed by atoms with Crippen molar-refractivity contribution in [2.24, 2.45) is 0 Å². The van der Waals surface area contributed by atoms with Crippen LogP contribution in [0.5, 0.6) is 0 Å². The number of ether oxygens (including phenoxy) is 1. The Bertz CT molecular complexity index is 1130. The van der Waals surface area contributed by atoms with E-state index in [4.69, 9.17) is 9.26 Å². The van der Waals surface area contributed by atoms with E-state index in [1.165, 1.54) is 0 Å². The van der Waals surface area contributed by atoms with E-state index in [9.17, 15) is 0 Å². The normalized spacial score (nSPS) is 15.0. The smallest absolute Gasteiger partial charge is 0.261 e. The molecule has 1 fully saturated rings. The maximum atomic E-state index is 5.64. The van der Waals surface area contributed by atoms with Crippen LogP contribution in [-0.2, 0) is 17.7 Å². The van der Waals surface area contributed by atoms with Crippen molar-refractivity contribution >= 4 is 16.7 Å². The number of aromatic nitrogens is 5. The minimum absolute atomic E-state index is 0.319. The van der Waals surface area contributed by atoms with Crippen LogP contribution in [0.4, 0.5) is 5.69 Å². The number of anilines is 1. The molecule has 0 amide bonds. The third-order valence-corrected chi connectivity index (χ3v) is 5.44. The van der Waals surface area contributed by atoms with E-state index in [1.54, 1.807) is 6.20 Å². The highest BCUT2D eigenvalue weighted by atomic mass is 16.5. The van der Waals surface area contributed by atoms with E-state index in [1.807, 2.05) is 29.1 Å². The van der Waals surface area contributed by atoms with Gasteiger partial charge < -0.3 is 14.6 Å². The molecule has 1 aromatic carbocycles. The predicted molar refractivity (Wildman–Crippen MR) is 113 cm³/mol. The highest BCUT2D eigenvalue weighted by Crippen LogP contribution is 2.34. The van der Waals surface area contributed by atoms with E-state index in [-0.39, 0.29) is 0 Å². The van der Waals surface area contributed by atoms with Gasteiger partial charge in [0.25, 0.3) is 5.89 Å². The molecule has 8 nitrogen and oxygen atoms in total. The standard InChI is InChI=1S/C22H24N6O2/c1-2-28-21-17(14-24-28)20(25-16-8-10-29-11-9-16)18(13-23-21)22-26-19(27-30-22)12-15-6-4-3-5-7-15/h3-7,13-14,16H,2,8-12H2,1H3,(H,23,25). The average molecular weight is 404 g/mol. The third kappa shape index (κ3) is 3.66. The first-order valence-electron chi connectivity index (χ1n) is 10.4. The fraction of sp³-hybridized carbons (Fsp3) is 0.364. The molecule has 4 aromatic rings. The monoisotopic (exact) mass is 404 g/mol. The molecule has 30 heavy (non-hydrogen) atoms. The van der Waals surface area contributed by atoms with Crippen LogP contribution in [0.25, 0.3) is 22.5 Å². The van der Waals surface area contributed by atoms with Crippen molar-refractivity contribution < 1.29 is 9.26 Å². The Hall–Kier alpha value is -3.26. The van der Waals surface area contributed by atoms with Gasteiger partial charge in [0, 0.05) is 38.4 Å². The number of aryl methyl sites for hydroxylation is 1. The summed E-state index contributed by atoms with van der Waals surface area (Å²) in [5, 5.41) is 13.3. The maximum absolute atomic E-state index is 5.64. The number of nitrogens with one attached hydrogen (secondary N) is 1. The van der Waals surface area contributed by atoms with Gasteiger partial charge in [0.05, 0.1) is 22.8 Å². The lowest BCUT2D eigenvalue weighted by molar-refractivity contribution is 0.0905. The highest BCUT2D eigenvalue weighted by molar-refractivity contribution is 5.96. The number of rotatable bonds is 6. The molecule has 0 aliphatic carbocycles. The lowest BCUT2D eigenvalue weighted by Crippen LogP contribution is -2.28. The first kappa shape index (κ1) is 18.7. The van der Waals surface area contributed by atoms with E-state index in [0.29, 0.717) is 24.2 Å². The van der Waals surface area contributed by atoms with Gasteiger partial charge >= 0.3 is 0 Å². The fourth-order valence-electron chi connectivity index (χ4n) is 3.84. The minimum Gasteiger partial charge on any atom is -0.381 e. The molecular weight excluding hydrogens is 380 g/mol. The SMILES string of the molecule is CCn1ncc2c(NC3CCOCC3)c(-c3nc(Cc4ccccc4)no3)cnc21. The molecular formula is C22H24N6O2. The Morgan fingerprint density at radius 2 is 1.97 bits per heavy atom. The first-order valence-corrected chi connectivity index (χ1v) is 10.4. The number of benzene rings is 1. The van der Waals surface area contributed by atoms with Crippen LogP contribution in [-0.4, -0.2) is 44.2 Å². The van der Waals surface area contributed by atoms with Gasteiger partial charge in [-0.25, -0.2) is 9.67 Å². The van der Waals surface area contributed by atoms with Crippen LogP contribution in [0, 0.1) is 0 Å². The Balaban J connectivity index is 1.52. The number of hydrogen-bond donors (Lipinski definition) is 1. The lowest BCUT2D eigenvalue weighted by Gasteiger charge is -2.25. The third-order valence-electron chi connectivity index (χ3n) is 5.44. The van der Waals surface area contributed by atoms with Gasteiger partial charge in [0.1, 0.15) is 0 Å². The molecule has 4 heterocycles. The van der Waals surface area contributed by atoms with Crippen LogP contribution in [0.2, 0.25) is 0 Å². The molecule has 0 atom stereocenters. The molecule has 0 spiro atoms. The van der Waals surface area contributed by atoms with Gasteiger partial charge in [-0.15, -0.1) is 0 Å². The summed E-state index contributed by atoms with van der Waals surface area (Å²) in [4.78, 5) is 9.30. The summed E-state index contributed by atoms with van der Waals surface area (Å²) in [6.45, 7) is 4.34. The second-order valence-corrected chi connectivity index (χ2v) is 7.45. The molecule has 5 rings (SSSR count). The van der Waals surface area contributed by atoms with E-state index < -0.39 is 0 Å². The van der Waals surface area contributed by atoms with Gasteiger partial charge in [-0.1, -0.05) is 35.5 Å². The molecule has 1 aliphatic heterocycles. The van der Waals surface area contributed by atoms with Gasteiger partial charge in [-0.3, -0.25) is 0 Å². The second-order valence-electron chi connectivity index (χ2n) is 7.45. The number of hydrogen-bond acceptors (Lipinski definition) is 7. The summed E-state index contributed by atoms with van der Waals surface area (Å²) in [6, 6.07) is 10.4. The van der Waals surface area contributed by atoms with Crippen molar-refractivity contribution in [3.8, 4) is 11.5 Å². The molecule has 3 aromatic heterocycles. The van der Waals surface area contributed by atoms with Crippen LogP contribution < -0.4 is 5.32 Å². The van der Waals surface area contributed by atoms with Crippen LogP contribution in [0.1, 0.15) is 31.2 Å². The van der Waals surface area contributed by atoms with Crippen molar-refractivity contribution in [3.05, 3.63) is 54.1 Å². The predicted octanol–water partition coefficient (Wildman–Crippen LogP) is 3.68. The molecule has 0 bridgehead atoms. The number of nitrogens with zero attached hydrogens (tertiary/aromatic N) is 5. The lowest BCUT2D eigenvalue weighted by atomic mass is 10.1. The van der Waals surface area contributed by atoms with Crippen molar-refractivity contribution in [1.29, 1.82) is 0 Å². The topological polar surface area (TPSA) is 90.9 Å². The zero-order chi connectivity index (χ0) is 20.3. The number of pyridine rings is 1. The van der Waals surface area contributed by atoms with Crippen molar-refractivity contribution in [2.45, 2.75) is 38.8 Å². The van der Waals surface area contributed by atoms with Crippen LogP contribution in [0.3, 0.4) is 0 Å². The highest BCUT2D eigenvalue weighted by Gasteiger charge is 2.22. The van der Waals surface area contributed by atoms with Gasteiger partial charge in [0.15, 0.2) is 11.5 Å². The summed E-state index contributed by atoms with van der Waals surface area (Å²) in [5.41, 5.74) is 3.74. The van der Waals surface area contributed by atoms with Gasteiger partial charge in [-0.05, 0) is 25.3 Å². The van der Waals surface area contributed by atoms with Crippen molar-refractivity contribution in [3.63, 3.8) is 0 Å². The Kier molecular flexibility index (Phi) is 5.15. The van der Waals surface area contributed by atoms with Crippen molar-refractivity contribution in [1.82, 2.24) is 24.9 Å². The molecule has 0 unspecified atom stereocenters. The summed E-state index contributed by atoms with van der Waals surface area (Å²) in [6.07, 6.45) is 6.19. The summed E-state index contributed by atoms with van der Waals surface area (Å²) >= 11 is 0. The quantitative estimate of drug-likeness (QED) is 0.524. The van der Waals surface area contributed by atoms with Crippen LogP contribution in [0.15, 0.2) is 47.2 Å². The Labute approximate surface area is 174 Å². The second kappa shape index (κ2) is 8.23. The average Bonchev–Trinajstić information content (AvgIpc) is 3.42. The zero-order valence-electron chi connectivity index (χ0n) is 16.9. The summed E-state index contributed by atoms with van der Waals surface area (Å²) in [7, 11) is 0. The van der Waals surface area contributed by atoms with Gasteiger partial charge in [-0.2, -0.15) is 10.1 Å². The Morgan fingerprint density at radius 3 is 2.77 bits per heavy atom. The summed E-state index contributed by atoms with van der Waals surface area (Å²) < 4.78 is 13.0. The molecule has 0 radical (unpaired) electrons. The largest absolute Gasteiger partial charge is 0.381 e. The number of fused-ring (bicyclic) bond motifs is 1. The van der Waals surface area contributed by atoms with E-state index >= 15 is 0 Å². The molecule has 1 saturated heterocycles. The van der Waals surface area contributed by atoms with E-state index in [2.05, 4.69) is 44.6 Å². The molecule has 154 valence electrons. The summed E-state index contributed by atoms with van der Waals surface area (Å²) in [5.74, 6) is 1.12. The van der Waals surface area contributed by atoms with Crippen molar-refractivity contribution in [2.75, 3.05) is 18.5 Å². The fourth-order valence-corrected chi connectivity index (χ4v) is 3.84. The Morgan fingerprint density at radius 1 is 1.13 bits per heavy atom. The van der Waals surface area contributed by atoms with Crippen LogP contribution >= 0.6 is 0 Å². The van der Waals surface area contributed by atoms with E-state index in [0.717, 1.165) is 60.4 Å². The molecule has 8 heteroatoms. The zero-order valence-corrected chi connectivity index (χ0v) is 16.9. The van der Waals surface area contributed by atoms with Gasteiger partial charge in [0.2, 0.25) is 0 Å².